The Morgan fingerprint density at radius 1 is 1.43 bits per heavy atom. The van der Waals surface area contributed by atoms with Gasteiger partial charge in [-0.05, 0) is 0 Å². The average Bonchev–Trinajstić information content (AvgIpc) is 2.18. The first kappa shape index (κ1) is 8.53. The fraction of sp³-hybridized carbons (Fsp3) is 0. The van der Waals surface area contributed by atoms with Crippen molar-refractivity contribution in [3.63, 3.8) is 0 Å². The molecule has 2 aromatic rings. The maximum Gasteiger partial charge on any atom is 0.280 e. The molecule has 8 nitrogen and oxygen atoms in total. The van der Waals surface area contributed by atoms with Crippen molar-refractivity contribution < 1.29 is 10.2 Å². The van der Waals surface area contributed by atoms with Crippen molar-refractivity contribution in [3.8, 4) is 0 Å². The Balaban J connectivity index is 2.66. The maximum absolute atomic E-state index is 11.3. The summed E-state index contributed by atoms with van der Waals surface area (Å²) in [5, 5.41) is 8.07. The number of rotatable bonds is 2. The lowest BCUT2D eigenvalue weighted by molar-refractivity contribution is -0.216. The molecule has 0 aromatic carbocycles. The van der Waals surface area contributed by atoms with E-state index in [-0.39, 0.29) is 17.1 Å². The van der Waals surface area contributed by atoms with Crippen molar-refractivity contribution in [3.05, 3.63) is 22.7 Å². The minimum atomic E-state index is -0.470. The summed E-state index contributed by atoms with van der Waals surface area (Å²) in [7, 11) is 0. The van der Waals surface area contributed by atoms with Gasteiger partial charge in [-0.1, -0.05) is 0 Å². The molecule has 0 bridgehead atoms. The lowest BCUT2D eigenvalue weighted by Crippen LogP contribution is -2.14. The van der Waals surface area contributed by atoms with Crippen LogP contribution in [0.2, 0.25) is 0 Å². The number of anilines is 1. The second kappa shape index (κ2) is 3.36. The Bertz CT molecular complexity index is 510. The first-order chi connectivity index (χ1) is 6.81. The third-order valence-corrected chi connectivity index (χ3v) is 1.49. The van der Waals surface area contributed by atoms with E-state index in [0.717, 1.165) is 0 Å². The average molecular weight is 195 g/mol. The Kier molecular flexibility index (Phi) is 2.05. The molecule has 0 atom stereocenters. The molecule has 0 amide bonds. The van der Waals surface area contributed by atoms with E-state index in [2.05, 4.69) is 24.9 Å². The third-order valence-electron chi connectivity index (χ3n) is 1.49. The number of nitrogens with zero attached hydrogens (tertiary/aromatic N) is 3. The van der Waals surface area contributed by atoms with Gasteiger partial charge in [-0.25, -0.2) is 20.7 Å². The maximum atomic E-state index is 11.3. The van der Waals surface area contributed by atoms with E-state index < -0.39 is 5.56 Å². The Labute approximate surface area is 76.5 Å². The summed E-state index contributed by atoms with van der Waals surface area (Å²) in [5.41, 5.74) is 1.78. The number of hydrogen-bond donors (Lipinski definition) is 3. The molecule has 72 valence electrons. The number of fused-ring (bicyclic) bond motifs is 1. The van der Waals surface area contributed by atoms with Gasteiger partial charge in [0.1, 0.15) is 0 Å². The van der Waals surface area contributed by atoms with Crippen LogP contribution in [0.5, 0.6) is 0 Å². The van der Waals surface area contributed by atoms with Gasteiger partial charge in [0.25, 0.3) is 5.56 Å². The molecule has 0 saturated carbocycles. The highest BCUT2D eigenvalue weighted by molar-refractivity contribution is 5.68. The van der Waals surface area contributed by atoms with E-state index in [1.54, 1.807) is 0 Å². The quantitative estimate of drug-likeness (QED) is 0.438. The van der Waals surface area contributed by atoms with E-state index in [1.807, 2.05) is 5.48 Å². The first-order valence-electron chi connectivity index (χ1n) is 3.58. The van der Waals surface area contributed by atoms with Gasteiger partial charge in [0, 0.05) is 12.4 Å². The smallest absolute Gasteiger partial charge is 0.280 e. The zero-order valence-corrected chi connectivity index (χ0v) is 6.76. The van der Waals surface area contributed by atoms with E-state index in [4.69, 9.17) is 5.26 Å². The van der Waals surface area contributed by atoms with Gasteiger partial charge < -0.3 is 0 Å². The molecule has 2 aromatic heterocycles. The molecular weight excluding hydrogens is 190 g/mol. The number of nitrogens with one attached hydrogen (secondary N) is 2. The van der Waals surface area contributed by atoms with Crippen LogP contribution in [-0.4, -0.2) is 25.2 Å². The molecule has 0 aliphatic rings. The molecule has 8 heteroatoms. The molecule has 14 heavy (non-hydrogen) atoms. The Hall–Kier alpha value is -2.06. The highest BCUT2D eigenvalue weighted by atomic mass is 17.2. The molecule has 2 heterocycles. The van der Waals surface area contributed by atoms with E-state index >= 15 is 0 Å². The van der Waals surface area contributed by atoms with Gasteiger partial charge in [0.05, 0.1) is 0 Å². The minimum Gasteiger partial charge on any atom is -0.289 e. The van der Waals surface area contributed by atoms with Crippen molar-refractivity contribution in [2.45, 2.75) is 0 Å². The molecule has 0 radical (unpaired) electrons. The summed E-state index contributed by atoms with van der Waals surface area (Å²) in [6.07, 6.45) is 2.78. The van der Waals surface area contributed by atoms with Crippen molar-refractivity contribution in [2.75, 3.05) is 5.48 Å². The van der Waals surface area contributed by atoms with Crippen LogP contribution >= 0.6 is 0 Å². The van der Waals surface area contributed by atoms with Crippen LogP contribution in [0.25, 0.3) is 11.2 Å². The van der Waals surface area contributed by atoms with Gasteiger partial charge >= 0.3 is 0 Å². The van der Waals surface area contributed by atoms with Crippen molar-refractivity contribution in [1.82, 2.24) is 19.9 Å². The third kappa shape index (κ3) is 1.39. The SMILES string of the molecule is O=c1[nH]c(NOO)nc2nccnc12. The lowest BCUT2D eigenvalue weighted by atomic mass is 10.5. The molecule has 2 rings (SSSR count). The van der Waals surface area contributed by atoms with Crippen molar-refractivity contribution in [1.29, 1.82) is 0 Å². The van der Waals surface area contributed by atoms with Gasteiger partial charge in [-0.2, -0.15) is 4.98 Å². The minimum absolute atomic E-state index is 0.0505. The van der Waals surface area contributed by atoms with Gasteiger partial charge in [0.15, 0.2) is 11.2 Å². The Morgan fingerprint density at radius 3 is 3.00 bits per heavy atom. The summed E-state index contributed by atoms with van der Waals surface area (Å²) in [4.78, 5) is 28.6. The van der Waals surface area contributed by atoms with Crippen LogP contribution in [0.15, 0.2) is 17.2 Å². The van der Waals surface area contributed by atoms with Crippen LogP contribution in [0.4, 0.5) is 5.95 Å². The van der Waals surface area contributed by atoms with Gasteiger partial charge in [-0.3, -0.25) is 9.78 Å². The van der Waals surface area contributed by atoms with Crippen LogP contribution < -0.4 is 11.0 Å². The van der Waals surface area contributed by atoms with Crippen molar-refractivity contribution >= 4 is 17.1 Å². The zero-order chi connectivity index (χ0) is 9.97. The molecule has 3 N–H and O–H groups in total. The van der Waals surface area contributed by atoms with Crippen LogP contribution in [0.1, 0.15) is 0 Å². The topological polar surface area (TPSA) is 113 Å². The molecule has 0 aliphatic carbocycles. The van der Waals surface area contributed by atoms with Crippen LogP contribution in [0.3, 0.4) is 0 Å². The second-order valence-corrected chi connectivity index (χ2v) is 2.34. The predicted molar refractivity (Wildman–Crippen MR) is 45.3 cm³/mol. The fourth-order valence-corrected chi connectivity index (χ4v) is 0.965. The fourth-order valence-electron chi connectivity index (χ4n) is 0.965. The molecule has 0 saturated heterocycles. The lowest BCUT2D eigenvalue weighted by Gasteiger charge is -1.99. The molecule has 0 spiro atoms. The van der Waals surface area contributed by atoms with Gasteiger partial charge in [-0.15, -0.1) is 4.99 Å². The molecular formula is C6H5N5O3. The zero-order valence-electron chi connectivity index (χ0n) is 6.76. The summed E-state index contributed by atoms with van der Waals surface area (Å²) >= 11 is 0. The largest absolute Gasteiger partial charge is 0.289 e. The van der Waals surface area contributed by atoms with Crippen molar-refractivity contribution in [2.24, 2.45) is 0 Å². The Morgan fingerprint density at radius 2 is 2.21 bits per heavy atom. The number of H-pyrrole nitrogens is 1. The van der Waals surface area contributed by atoms with Crippen LogP contribution in [-0.2, 0) is 4.99 Å². The summed E-state index contributed by atoms with van der Waals surface area (Å²) < 4.78 is 0. The van der Waals surface area contributed by atoms with Crippen LogP contribution in [0, 0.1) is 0 Å². The molecule has 0 unspecified atom stereocenters. The summed E-state index contributed by atoms with van der Waals surface area (Å²) in [6, 6.07) is 0. The summed E-state index contributed by atoms with van der Waals surface area (Å²) in [6.45, 7) is 0. The first-order valence-corrected chi connectivity index (χ1v) is 3.58. The standard InChI is InChI=1S/C6H5N5O3/c12-5-3-4(8-2-1-7-3)9-6(10-5)11-14-13/h1-2,13H,(H2,8,9,10,11,12). The molecule has 0 aliphatic heterocycles. The second-order valence-electron chi connectivity index (χ2n) is 2.34. The highest BCUT2D eigenvalue weighted by Gasteiger charge is 2.04. The number of aromatic nitrogens is 4. The molecule has 0 fully saturated rings. The van der Waals surface area contributed by atoms with E-state index in [9.17, 15) is 4.79 Å². The number of aromatic amines is 1. The predicted octanol–water partition coefficient (Wildman–Crippen LogP) is -0.470. The van der Waals surface area contributed by atoms with E-state index in [1.165, 1.54) is 12.4 Å². The highest BCUT2D eigenvalue weighted by Crippen LogP contribution is 2.01. The van der Waals surface area contributed by atoms with E-state index in [0.29, 0.717) is 0 Å². The van der Waals surface area contributed by atoms with Gasteiger partial charge in [0.2, 0.25) is 5.95 Å². The normalized spacial score (nSPS) is 10.4. The summed E-state index contributed by atoms with van der Waals surface area (Å²) in [5.74, 6) is -0.0505. The number of hydrogen-bond acceptors (Lipinski definition) is 7. The monoisotopic (exact) mass is 195 g/mol.